The minimum atomic E-state index is -4.48. The zero-order chi connectivity index (χ0) is 23.8. The van der Waals surface area contributed by atoms with Gasteiger partial charge in [0.15, 0.2) is 0 Å². The molecule has 2 heterocycles. The SMILES string of the molecule is CC(c1nc(-c2cccc(C(F)(F)F)c2)no1)N1CCN(c2cccc(C(F)(F)F)c2)CC1. The molecule has 3 aromatic rings. The van der Waals surface area contributed by atoms with Crippen molar-refractivity contribution >= 4 is 5.69 Å². The first kappa shape index (κ1) is 23.1. The minimum Gasteiger partial charge on any atom is -0.369 e. The second-order valence-corrected chi connectivity index (χ2v) is 7.78. The van der Waals surface area contributed by atoms with Crippen LogP contribution in [0.25, 0.3) is 11.4 Å². The van der Waals surface area contributed by atoms with Gasteiger partial charge in [-0.1, -0.05) is 23.4 Å². The summed E-state index contributed by atoms with van der Waals surface area (Å²) < 4.78 is 83.2. The average Bonchev–Trinajstić information content (AvgIpc) is 3.28. The number of alkyl halides is 6. The van der Waals surface area contributed by atoms with E-state index in [1.54, 1.807) is 6.07 Å². The van der Waals surface area contributed by atoms with Crippen LogP contribution in [0.3, 0.4) is 0 Å². The molecule has 1 aliphatic rings. The molecule has 4 rings (SSSR count). The zero-order valence-corrected chi connectivity index (χ0v) is 17.5. The Kier molecular flexibility index (Phi) is 6.08. The molecule has 1 aliphatic heterocycles. The zero-order valence-electron chi connectivity index (χ0n) is 17.5. The third-order valence-corrected chi connectivity index (χ3v) is 5.65. The number of hydrogen-bond acceptors (Lipinski definition) is 5. The number of aromatic nitrogens is 2. The predicted molar refractivity (Wildman–Crippen MR) is 108 cm³/mol. The van der Waals surface area contributed by atoms with Crippen molar-refractivity contribution in [2.24, 2.45) is 0 Å². The number of hydrogen-bond donors (Lipinski definition) is 0. The lowest BCUT2D eigenvalue weighted by Crippen LogP contribution is -2.47. The van der Waals surface area contributed by atoms with Gasteiger partial charge in [0.2, 0.25) is 11.7 Å². The summed E-state index contributed by atoms with van der Waals surface area (Å²) in [4.78, 5) is 8.18. The summed E-state index contributed by atoms with van der Waals surface area (Å²) in [5.74, 6) is 0.320. The fourth-order valence-corrected chi connectivity index (χ4v) is 3.76. The third-order valence-electron chi connectivity index (χ3n) is 5.65. The first-order valence-corrected chi connectivity index (χ1v) is 10.2. The van der Waals surface area contributed by atoms with Crippen LogP contribution in [0.1, 0.15) is 30.0 Å². The average molecular weight is 470 g/mol. The Balaban J connectivity index is 1.42. The second kappa shape index (κ2) is 8.69. The van der Waals surface area contributed by atoms with Crippen LogP contribution in [0, 0.1) is 0 Å². The number of halogens is 6. The molecule has 0 amide bonds. The van der Waals surface area contributed by atoms with Crippen molar-refractivity contribution < 1.29 is 30.9 Å². The van der Waals surface area contributed by atoms with E-state index in [-0.39, 0.29) is 23.3 Å². The largest absolute Gasteiger partial charge is 0.416 e. The van der Waals surface area contributed by atoms with E-state index in [1.165, 1.54) is 18.2 Å². The van der Waals surface area contributed by atoms with E-state index >= 15 is 0 Å². The molecule has 0 spiro atoms. The fraction of sp³-hybridized carbons (Fsp3) is 0.364. The summed E-state index contributed by atoms with van der Waals surface area (Å²) >= 11 is 0. The van der Waals surface area contributed by atoms with Gasteiger partial charge in [0.05, 0.1) is 17.2 Å². The Bertz CT molecular complexity index is 1100. The van der Waals surface area contributed by atoms with Crippen molar-refractivity contribution in [1.82, 2.24) is 15.0 Å². The Hall–Kier alpha value is -3.08. The topological polar surface area (TPSA) is 45.4 Å². The molecule has 0 radical (unpaired) electrons. The summed E-state index contributed by atoms with van der Waals surface area (Å²) in [6.45, 7) is 3.92. The van der Waals surface area contributed by atoms with E-state index in [0.29, 0.717) is 31.9 Å². The van der Waals surface area contributed by atoms with E-state index in [9.17, 15) is 26.3 Å². The van der Waals surface area contributed by atoms with Crippen LogP contribution in [-0.2, 0) is 12.4 Å². The van der Waals surface area contributed by atoms with Gasteiger partial charge in [0.1, 0.15) is 0 Å². The van der Waals surface area contributed by atoms with Crippen molar-refractivity contribution in [3.8, 4) is 11.4 Å². The Morgan fingerprint density at radius 1 is 0.848 bits per heavy atom. The van der Waals surface area contributed by atoms with Crippen LogP contribution in [0.2, 0.25) is 0 Å². The maximum Gasteiger partial charge on any atom is 0.416 e. The molecule has 1 saturated heterocycles. The van der Waals surface area contributed by atoms with Gasteiger partial charge in [-0.15, -0.1) is 0 Å². The highest BCUT2D eigenvalue weighted by molar-refractivity contribution is 5.56. The summed E-state index contributed by atoms with van der Waals surface area (Å²) in [6.07, 6.45) is -8.88. The van der Waals surface area contributed by atoms with Gasteiger partial charge in [-0.3, -0.25) is 4.90 Å². The first-order chi connectivity index (χ1) is 15.5. The summed E-state index contributed by atoms with van der Waals surface area (Å²) in [5, 5.41) is 3.82. The molecular weight excluding hydrogens is 450 g/mol. The molecule has 1 unspecified atom stereocenters. The Morgan fingerprint density at radius 2 is 1.45 bits per heavy atom. The second-order valence-electron chi connectivity index (χ2n) is 7.78. The number of anilines is 1. The Labute approximate surface area is 185 Å². The van der Waals surface area contributed by atoms with Crippen LogP contribution in [0.4, 0.5) is 32.0 Å². The summed E-state index contributed by atoms with van der Waals surface area (Å²) in [7, 11) is 0. The molecule has 0 N–H and O–H groups in total. The molecule has 1 atom stereocenters. The van der Waals surface area contributed by atoms with Gasteiger partial charge in [-0.05, 0) is 37.3 Å². The molecular formula is C22H20F6N4O. The van der Waals surface area contributed by atoms with Gasteiger partial charge in [-0.25, -0.2) is 0 Å². The molecule has 2 aromatic carbocycles. The standard InChI is InChI=1S/C22H20F6N4O/c1-14(20-29-19(30-33-20)15-4-2-5-16(12-15)21(23,24)25)31-8-10-32(11-9-31)18-7-3-6-17(13-18)22(26,27)28/h2-7,12-14H,8-11H2,1H3. The Morgan fingerprint density at radius 3 is 2.09 bits per heavy atom. The lowest BCUT2D eigenvalue weighted by molar-refractivity contribution is -0.138. The monoisotopic (exact) mass is 470 g/mol. The summed E-state index contributed by atoms with van der Waals surface area (Å²) in [6, 6.07) is 9.60. The van der Waals surface area contributed by atoms with Crippen LogP contribution >= 0.6 is 0 Å². The quantitative estimate of drug-likeness (QED) is 0.461. The van der Waals surface area contributed by atoms with E-state index in [0.717, 1.165) is 24.3 Å². The summed E-state index contributed by atoms with van der Waals surface area (Å²) in [5.41, 5.74) is -0.794. The van der Waals surface area contributed by atoms with Crippen LogP contribution in [0.5, 0.6) is 0 Å². The lowest BCUT2D eigenvalue weighted by Gasteiger charge is -2.38. The van der Waals surface area contributed by atoms with Gasteiger partial charge in [-0.2, -0.15) is 31.3 Å². The molecule has 176 valence electrons. The van der Waals surface area contributed by atoms with E-state index < -0.39 is 23.5 Å². The van der Waals surface area contributed by atoms with Crippen molar-refractivity contribution in [2.75, 3.05) is 31.1 Å². The molecule has 33 heavy (non-hydrogen) atoms. The molecule has 0 bridgehead atoms. The highest BCUT2D eigenvalue weighted by atomic mass is 19.4. The number of piperazine rings is 1. The molecule has 1 fully saturated rings. The molecule has 0 saturated carbocycles. The maximum atomic E-state index is 13.0. The van der Waals surface area contributed by atoms with Crippen LogP contribution in [-0.4, -0.2) is 41.2 Å². The maximum absolute atomic E-state index is 13.0. The smallest absolute Gasteiger partial charge is 0.369 e. The highest BCUT2D eigenvalue weighted by Gasteiger charge is 2.33. The van der Waals surface area contributed by atoms with Crippen LogP contribution in [0.15, 0.2) is 53.1 Å². The number of rotatable bonds is 4. The van der Waals surface area contributed by atoms with Gasteiger partial charge in [0.25, 0.3) is 0 Å². The highest BCUT2D eigenvalue weighted by Crippen LogP contribution is 2.33. The minimum absolute atomic E-state index is 0.0607. The molecule has 11 heteroatoms. The van der Waals surface area contributed by atoms with Gasteiger partial charge >= 0.3 is 12.4 Å². The normalized spacial score (nSPS) is 16.8. The van der Waals surface area contributed by atoms with Crippen molar-refractivity contribution in [1.29, 1.82) is 0 Å². The lowest BCUT2D eigenvalue weighted by atomic mass is 10.1. The molecule has 1 aromatic heterocycles. The van der Waals surface area contributed by atoms with E-state index in [2.05, 4.69) is 10.1 Å². The third kappa shape index (κ3) is 5.13. The molecule has 5 nitrogen and oxygen atoms in total. The van der Waals surface area contributed by atoms with Crippen molar-refractivity contribution in [3.63, 3.8) is 0 Å². The number of nitrogens with zero attached hydrogens (tertiary/aromatic N) is 4. The van der Waals surface area contributed by atoms with E-state index in [1.807, 2.05) is 16.7 Å². The predicted octanol–water partition coefficient (Wildman–Crippen LogP) is 5.66. The van der Waals surface area contributed by atoms with Gasteiger partial charge in [0, 0.05) is 37.4 Å². The number of benzene rings is 2. The first-order valence-electron chi connectivity index (χ1n) is 10.2. The van der Waals surface area contributed by atoms with Crippen molar-refractivity contribution in [2.45, 2.75) is 25.3 Å². The van der Waals surface area contributed by atoms with E-state index in [4.69, 9.17) is 4.52 Å². The van der Waals surface area contributed by atoms with Crippen LogP contribution < -0.4 is 4.90 Å². The van der Waals surface area contributed by atoms with Crippen molar-refractivity contribution in [3.05, 3.63) is 65.5 Å². The fourth-order valence-electron chi connectivity index (χ4n) is 3.76. The molecule has 0 aliphatic carbocycles. The van der Waals surface area contributed by atoms with Gasteiger partial charge < -0.3 is 9.42 Å².